The van der Waals surface area contributed by atoms with E-state index in [0.717, 1.165) is 6.42 Å². The lowest BCUT2D eigenvalue weighted by Gasteiger charge is -2.14. The predicted molar refractivity (Wildman–Crippen MR) is 74.0 cm³/mol. The first kappa shape index (κ1) is 15.9. The van der Waals surface area contributed by atoms with Gasteiger partial charge < -0.3 is 16.0 Å². The van der Waals surface area contributed by atoms with E-state index in [4.69, 9.17) is 0 Å². The fraction of sp³-hybridized carbons (Fsp3) is 0.462. The summed E-state index contributed by atoms with van der Waals surface area (Å²) in [5, 5.41) is 7.65. The van der Waals surface area contributed by atoms with Crippen LogP contribution in [0.25, 0.3) is 0 Å². The summed E-state index contributed by atoms with van der Waals surface area (Å²) in [5.74, 6) is -1.71. The van der Waals surface area contributed by atoms with Gasteiger partial charge in [-0.3, -0.25) is 9.59 Å². The minimum Gasteiger partial charge on any atom is -0.371 e. The van der Waals surface area contributed by atoms with Gasteiger partial charge in [-0.25, -0.2) is 9.37 Å². The molecule has 0 aliphatic heterocycles. The molecule has 0 saturated heterocycles. The van der Waals surface area contributed by atoms with E-state index in [-0.39, 0.29) is 17.3 Å². The molecule has 1 aromatic heterocycles. The third-order valence-electron chi connectivity index (χ3n) is 2.66. The van der Waals surface area contributed by atoms with E-state index in [1.165, 1.54) is 19.3 Å². The van der Waals surface area contributed by atoms with Crippen molar-refractivity contribution < 1.29 is 14.0 Å². The summed E-state index contributed by atoms with van der Waals surface area (Å²) in [6.07, 6.45) is 2.13. The monoisotopic (exact) mass is 282 g/mol. The van der Waals surface area contributed by atoms with E-state index >= 15 is 0 Å². The molecule has 6 nitrogen and oxygen atoms in total. The standard InChI is InChI=1S/C13H19FN4O2/c1-4-6-17-12(19)8(2)18-13(20)9-5-7-16-11(15-3)10(9)14/h5,7-8H,4,6H2,1-3H3,(H,15,16)(H,17,19)(H,18,20). The molecule has 0 aliphatic rings. The Bertz CT molecular complexity index is 493. The lowest BCUT2D eigenvalue weighted by Crippen LogP contribution is -2.45. The second-order valence-electron chi connectivity index (χ2n) is 4.26. The second kappa shape index (κ2) is 7.42. The molecule has 0 fully saturated rings. The molecule has 7 heteroatoms. The second-order valence-corrected chi connectivity index (χ2v) is 4.26. The largest absolute Gasteiger partial charge is 0.371 e. The molecule has 110 valence electrons. The molecule has 0 radical (unpaired) electrons. The van der Waals surface area contributed by atoms with Gasteiger partial charge in [0.1, 0.15) is 6.04 Å². The number of hydrogen-bond donors (Lipinski definition) is 3. The summed E-state index contributed by atoms with van der Waals surface area (Å²) < 4.78 is 13.9. The van der Waals surface area contributed by atoms with Crippen molar-refractivity contribution in [2.45, 2.75) is 26.3 Å². The van der Waals surface area contributed by atoms with E-state index in [0.29, 0.717) is 6.54 Å². The normalized spacial score (nSPS) is 11.6. The van der Waals surface area contributed by atoms with Gasteiger partial charge in [0.15, 0.2) is 11.6 Å². The molecule has 1 unspecified atom stereocenters. The maximum Gasteiger partial charge on any atom is 0.255 e. The summed E-state index contributed by atoms with van der Waals surface area (Å²) in [5.41, 5.74) is -0.153. The maximum absolute atomic E-state index is 13.9. The molecule has 0 bridgehead atoms. The Labute approximate surface area is 117 Å². The number of anilines is 1. The van der Waals surface area contributed by atoms with Crippen LogP contribution in [0.4, 0.5) is 10.2 Å². The highest BCUT2D eigenvalue weighted by Crippen LogP contribution is 2.14. The minimum absolute atomic E-state index is 0.0132. The van der Waals surface area contributed by atoms with Crippen molar-refractivity contribution in [2.75, 3.05) is 18.9 Å². The van der Waals surface area contributed by atoms with Gasteiger partial charge in [-0.05, 0) is 19.4 Å². The Morgan fingerprint density at radius 1 is 1.45 bits per heavy atom. The molecule has 20 heavy (non-hydrogen) atoms. The highest BCUT2D eigenvalue weighted by Gasteiger charge is 2.20. The van der Waals surface area contributed by atoms with Gasteiger partial charge in [-0.1, -0.05) is 6.92 Å². The van der Waals surface area contributed by atoms with Gasteiger partial charge in [-0.2, -0.15) is 0 Å². The van der Waals surface area contributed by atoms with Gasteiger partial charge in [0, 0.05) is 19.8 Å². The van der Waals surface area contributed by atoms with Crippen molar-refractivity contribution in [3.8, 4) is 0 Å². The Kier molecular flexibility index (Phi) is 5.89. The SMILES string of the molecule is CCCNC(=O)C(C)NC(=O)c1ccnc(NC)c1F. The predicted octanol–water partition coefficient (Wildman–Crippen LogP) is 0.907. The first-order valence-corrected chi connectivity index (χ1v) is 6.42. The van der Waals surface area contributed by atoms with E-state index in [1.54, 1.807) is 6.92 Å². The Morgan fingerprint density at radius 2 is 2.15 bits per heavy atom. The van der Waals surface area contributed by atoms with Gasteiger partial charge in [0.25, 0.3) is 5.91 Å². The summed E-state index contributed by atoms with van der Waals surface area (Å²) in [7, 11) is 1.51. The summed E-state index contributed by atoms with van der Waals surface area (Å²) in [6.45, 7) is 4.00. The van der Waals surface area contributed by atoms with Gasteiger partial charge in [0.05, 0.1) is 5.56 Å². The Balaban J connectivity index is 2.74. The van der Waals surface area contributed by atoms with Crippen molar-refractivity contribution in [2.24, 2.45) is 0 Å². The van der Waals surface area contributed by atoms with Crippen LogP contribution in [0.2, 0.25) is 0 Å². The number of nitrogens with zero attached hydrogens (tertiary/aromatic N) is 1. The zero-order chi connectivity index (χ0) is 15.1. The molecule has 1 rings (SSSR count). The quantitative estimate of drug-likeness (QED) is 0.724. The van der Waals surface area contributed by atoms with Crippen molar-refractivity contribution in [3.05, 3.63) is 23.6 Å². The molecule has 1 atom stereocenters. The summed E-state index contributed by atoms with van der Waals surface area (Å²) >= 11 is 0. The van der Waals surface area contributed by atoms with Crippen LogP contribution in [0, 0.1) is 5.82 Å². The molecule has 0 spiro atoms. The highest BCUT2D eigenvalue weighted by molar-refractivity contribution is 5.98. The first-order chi connectivity index (χ1) is 9.51. The molecule has 1 aromatic rings. The van der Waals surface area contributed by atoms with E-state index in [1.807, 2.05) is 6.92 Å². The Morgan fingerprint density at radius 3 is 2.75 bits per heavy atom. The van der Waals surface area contributed by atoms with Crippen LogP contribution in [-0.2, 0) is 4.79 Å². The van der Waals surface area contributed by atoms with Crippen molar-refractivity contribution >= 4 is 17.6 Å². The van der Waals surface area contributed by atoms with Crippen molar-refractivity contribution in [3.63, 3.8) is 0 Å². The average molecular weight is 282 g/mol. The summed E-state index contributed by atoms with van der Waals surface area (Å²) in [6, 6.07) is 0.530. The molecule has 0 aliphatic carbocycles. The number of nitrogens with one attached hydrogen (secondary N) is 3. The highest BCUT2D eigenvalue weighted by atomic mass is 19.1. The molecular formula is C13H19FN4O2. The van der Waals surface area contributed by atoms with Crippen LogP contribution in [0.1, 0.15) is 30.6 Å². The van der Waals surface area contributed by atoms with Gasteiger partial charge >= 0.3 is 0 Å². The van der Waals surface area contributed by atoms with Crippen LogP contribution < -0.4 is 16.0 Å². The zero-order valence-corrected chi connectivity index (χ0v) is 11.8. The first-order valence-electron chi connectivity index (χ1n) is 6.42. The van der Waals surface area contributed by atoms with E-state index in [2.05, 4.69) is 20.9 Å². The molecular weight excluding hydrogens is 263 g/mol. The van der Waals surface area contributed by atoms with Crippen LogP contribution >= 0.6 is 0 Å². The summed E-state index contributed by atoms with van der Waals surface area (Å²) in [4.78, 5) is 27.3. The molecule has 3 N–H and O–H groups in total. The molecule has 0 saturated carbocycles. The van der Waals surface area contributed by atoms with Gasteiger partial charge in [-0.15, -0.1) is 0 Å². The van der Waals surface area contributed by atoms with Crippen LogP contribution in [0.5, 0.6) is 0 Å². The maximum atomic E-state index is 13.9. The number of halogens is 1. The third kappa shape index (κ3) is 3.91. The number of pyridine rings is 1. The van der Waals surface area contributed by atoms with Crippen molar-refractivity contribution in [1.29, 1.82) is 0 Å². The third-order valence-corrected chi connectivity index (χ3v) is 2.66. The smallest absolute Gasteiger partial charge is 0.255 e. The molecule has 1 heterocycles. The average Bonchev–Trinajstić information content (AvgIpc) is 2.44. The number of carbonyl (C=O) groups is 2. The number of carbonyl (C=O) groups excluding carboxylic acids is 2. The van der Waals surface area contributed by atoms with Gasteiger partial charge in [0.2, 0.25) is 5.91 Å². The lowest BCUT2D eigenvalue weighted by molar-refractivity contribution is -0.122. The van der Waals surface area contributed by atoms with Crippen LogP contribution in [0.15, 0.2) is 12.3 Å². The zero-order valence-electron chi connectivity index (χ0n) is 11.8. The van der Waals surface area contributed by atoms with Crippen LogP contribution in [0.3, 0.4) is 0 Å². The number of rotatable bonds is 6. The topological polar surface area (TPSA) is 83.1 Å². The molecule has 0 aromatic carbocycles. The number of aromatic nitrogens is 1. The number of hydrogen-bond acceptors (Lipinski definition) is 4. The van der Waals surface area contributed by atoms with Crippen LogP contribution in [-0.4, -0.2) is 36.4 Å². The fourth-order valence-electron chi connectivity index (χ4n) is 1.53. The van der Waals surface area contributed by atoms with E-state index in [9.17, 15) is 14.0 Å². The van der Waals surface area contributed by atoms with Crippen molar-refractivity contribution in [1.82, 2.24) is 15.6 Å². The minimum atomic E-state index is -0.742. The Hall–Kier alpha value is -2.18. The lowest BCUT2D eigenvalue weighted by atomic mass is 10.2. The fourth-order valence-corrected chi connectivity index (χ4v) is 1.53. The number of amides is 2. The molecule has 2 amide bonds. The van der Waals surface area contributed by atoms with E-state index < -0.39 is 17.8 Å².